The van der Waals surface area contributed by atoms with Gasteiger partial charge in [-0.15, -0.1) is 0 Å². The van der Waals surface area contributed by atoms with Crippen LogP contribution in [0.2, 0.25) is 0 Å². The van der Waals surface area contributed by atoms with Gasteiger partial charge in [-0.05, 0) is 72.9 Å². The van der Waals surface area contributed by atoms with Gasteiger partial charge in [-0.25, -0.2) is 4.98 Å². The van der Waals surface area contributed by atoms with Crippen LogP contribution in [0.3, 0.4) is 0 Å². The first-order valence-corrected chi connectivity index (χ1v) is 8.63. The van der Waals surface area contributed by atoms with Crippen LogP contribution in [0.25, 0.3) is 16.6 Å². The Balaban J connectivity index is 2.40. The molecule has 0 spiro atoms. The molecule has 1 saturated heterocycles. The summed E-state index contributed by atoms with van der Waals surface area (Å²) in [5, 5.41) is 4.57. The predicted octanol–water partition coefficient (Wildman–Crippen LogP) is 2.99. The van der Waals surface area contributed by atoms with Gasteiger partial charge in [0.15, 0.2) is 5.11 Å². The van der Waals surface area contributed by atoms with Crippen molar-refractivity contribution >= 4 is 49.2 Å². The van der Waals surface area contributed by atoms with Crippen molar-refractivity contribution in [2.45, 2.75) is 34.6 Å². The Kier molecular flexibility index (Phi) is 4.01. The summed E-state index contributed by atoms with van der Waals surface area (Å²) >= 11 is 5.20. The lowest BCUT2D eigenvalue weighted by atomic mass is 9.97. The molecule has 0 radical (unpaired) electrons. The maximum Gasteiger partial charge on any atom is 0.276 e. The number of allylic oxidation sites excluding steroid dienone is 1. The molecule has 0 bridgehead atoms. The van der Waals surface area contributed by atoms with E-state index in [1.54, 1.807) is 7.05 Å². The molecule has 5 nitrogen and oxygen atoms in total. The summed E-state index contributed by atoms with van der Waals surface area (Å²) in [6, 6.07) is 0. The fraction of sp³-hybridized carbons (Fsp3) is 0.353. The van der Waals surface area contributed by atoms with E-state index in [0.717, 1.165) is 33.6 Å². The summed E-state index contributed by atoms with van der Waals surface area (Å²) in [4.78, 5) is 18.7. The van der Waals surface area contributed by atoms with Crippen LogP contribution in [-0.4, -0.2) is 32.3 Å². The van der Waals surface area contributed by atoms with Crippen molar-refractivity contribution in [3.63, 3.8) is 0 Å². The lowest BCUT2D eigenvalue weighted by molar-refractivity contribution is -0.121. The molecule has 1 N–H and O–H groups in total. The smallest absolute Gasteiger partial charge is 0.276 e. The van der Waals surface area contributed by atoms with Crippen molar-refractivity contribution < 1.29 is 4.79 Å². The van der Waals surface area contributed by atoms with E-state index in [-0.39, 0.29) is 5.91 Å². The molecule has 1 fully saturated rings. The highest BCUT2D eigenvalue weighted by molar-refractivity contribution is 7.80. The number of amides is 1. The maximum atomic E-state index is 12.5. The summed E-state index contributed by atoms with van der Waals surface area (Å²) in [5.74, 6) is -0.101. The van der Waals surface area contributed by atoms with E-state index in [4.69, 9.17) is 17.2 Å². The van der Waals surface area contributed by atoms with E-state index in [9.17, 15) is 4.79 Å². The van der Waals surface area contributed by atoms with Crippen LogP contribution in [0.5, 0.6) is 0 Å². The lowest BCUT2D eigenvalue weighted by Gasteiger charge is -2.10. The highest BCUT2D eigenvalue weighted by Gasteiger charge is 2.31. The molecule has 1 aliphatic rings. The van der Waals surface area contributed by atoms with Gasteiger partial charge < -0.3 is 9.65 Å². The number of hydrogen-bond acceptors (Lipinski definition) is 3. The van der Waals surface area contributed by atoms with Crippen LogP contribution in [-0.2, 0) is 4.79 Å². The number of carbonyl (C=O) groups is 1. The Bertz CT molecular complexity index is 958. The molecule has 7 heteroatoms. The number of rotatable bonds is 1. The number of aryl methyl sites for hydroxylation is 2. The Morgan fingerprint density at radius 2 is 1.83 bits per heavy atom. The van der Waals surface area contributed by atoms with E-state index in [1.165, 1.54) is 16.0 Å². The average Bonchev–Trinajstić information content (AvgIpc) is 2.94. The molecule has 2 aromatic rings. The molecule has 0 aromatic carbocycles. The van der Waals surface area contributed by atoms with E-state index in [0.29, 0.717) is 10.8 Å². The number of nitrogens with one attached hydrogen (secondary N) is 1. The highest BCUT2D eigenvalue weighted by atomic mass is 32.1. The number of pyridine rings is 1. The molecular formula is C17H21N4OPS. The topological polar surface area (TPSA) is 50.2 Å². The van der Waals surface area contributed by atoms with Gasteiger partial charge in [0.2, 0.25) is 0 Å². The van der Waals surface area contributed by atoms with Crippen LogP contribution in [0.4, 0.5) is 0 Å². The average molecular weight is 360 g/mol. The molecule has 3 heterocycles. The van der Waals surface area contributed by atoms with E-state index in [1.807, 2.05) is 25.1 Å². The number of fused-ring (bicyclic) bond motifs is 1. The normalized spacial score (nSPS) is 17.0. The van der Waals surface area contributed by atoms with Gasteiger partial charge in [0, 0.05) is 29.4 Å². The molecule has 2 aromatic heterocycles. The van der Waals surface area contributed by atoms with Gasteiger partial charge >= 0.3 is 0 Å². The molecule has 126 valence electrons. The Labute approximate surface area is 149 Å². The zero-order valence-electron chi connectivity index (χ0n) is 14.7. The predicted molar refractivity (Wildman–Crippen MR) is 105 cm³/mol. The number of nitrogens with zero attached hydrogens (tertiary/aromatic N) is 3. The van der Waals surface area contributed by atoms with Crippen LogP contribution in [0.1, 0.15) is 35.0 Å². The summed E-state index contributed by atoms with van der Waals surface area (Å²) in [6.45, 7) is 10.2. The summed E-state index contributed by atoms with van der Waals surface area (Å²) in [5.41, 5.74) is 7.83. The first-order valence-electron chi connectivity index (χ1n) is 7.71. The maximum absolute atomic E-state index is 12.5. The SMILES string of the molecule is C/C(=C1/NC(=S)N(C)C1=O)c1c(C)n(P)c2nc(C)c(C)c(C)c12. The third-order valence-electron chi connectivity index (χ3n) is 4.98. The lowest BCUT2D eigenvalue weighted by Crippen LogP contribution is -2.25. The van der Waals surface area contributed by atoms with Gasteiger partial charge in [-0.1, -0.05) is 0 Å². The number of thiocarbonyl (C=S) groups is 1. The molecule has 1 unspecified atom stereocenters. The minimum atomic E-state index is -0.101. The van der Waals surface area contributed by atoms with E-state index in [2.05, 4.69) is 28.6 Å². The van der Waals surface area contributed by atoms with Crippen LogP contribution in [0.15, 0.2) is 5.70 Å². The number of aromatic nitrogens is 2. The third kappa shape index (κ3) is 2.20. The van der Waals surface area contributed by atoms with Crippen LogP contribution >= 0.6 is 21.6 Å². The zero-order valence-corrected chi connectivity index (χ0v) is 16.7. The minimum absolute atomic E-state index is 0.101. The fourth-order valence-electron chi connectivity index (χ4n) is 3.20. The molecule has 24 heavy (non-hydrogen) atoms. The van der Waals surface area contributed by atoms with E-state index >= 15 is 0 Å². The second kappa shape index (κ2) is 5.64. The molecule has 1 amide bonds. The van der Waals surface area contributed by atoms with Crippen LogP contribution < -0.4 is 5.32 Å². The molecule has 0 aliphatic carbocycles. The van der Waals surface area contributed by atoms with Crippen molar-refractivity contribution in [2.75, 3.05) is 7.05 Å². The first kappa shape index (κ1) is 17.1. The quantitative estimate of drug-likeness (QED) is 0.483. The molecule has 3 rings (SSSR count). The standard InChI is InChI=1S/C17H21N4OPS/c1-7-8(2)13-12(11(5)21(23)15(13)18-10(7)4)9(3)14-16(22)20(6)17(24)19-14/h23H2,1-6H3,(H,19,24)/b14-9-. The molecule has 0 saturated carbocycles. The van der Waals surface area contributed by atoms with Gasteiger partial charge in [0.05, 0.1) is 0 Å². The van der Waals surface area contributed by atoms with Crippen molar-refractivity contribution in [3.8, 4) is 0 Å². The van der Waals surface area contributed by atoms with Gasteiger partial charge in [-0.2, -0.15) is 0 Å². The highest BCUT2D eigenvalue weighted by Crippen LogP contribution is 2.37. The summed E-state index contributed by atoms with van der Waals surface area (Å²) in [6.07, 6.45) is 0. The van der Waals surface area contributed by atoms with Crippen molar-refractivity contribution in [1.29, 1.82) is 0 Å². The summed E-state index contributed by atoms with van der Waals surface area (Å²) in [7, 11) is 4.40. The monoisotopic (exact) mass is 360 g/mol. The van der Waals surface area contributed by atoms with Crippen molar-refractivity contribution in [1.82, 2.24) is 19.5 Å². The van der Waals surface area contributed by atoms with Gasteiger partial charge in [-0.3, -0.25) is 9.69 Å². The molecule has 1 atom stereocenters. The number of likely N-dealkylation sites (N-methyl/N-ethyl adjacent to an activating group) is 1. The minimum Gasteiger partial charge on any atom is -0.327 e. The van der Waals surface area contributed by atoms with Crippen molar-refractivity contribution in [3.05, 3.63) is 33.8 Å². The fourth-order valence-corrected chi connectivity index (χ4v) is 3.70. The van der Waals surface area contributed by atoms with Gasteiger partial charge in [0.25, 0.3) is 5.91 Å². The Hall–Kier alpha value is -1.78. The largest absolute Gasteiger partial charge is 0.327 e. The first-order chi connectivity index (χ1) is 11.2. The molecule has 1 aliphatic heterocycles. The number of carbonyl (C=O) groups excluding carboxylic acids is 1. The Morgan fingerprint density at radius 1 is 1.21 bits per heavy atom. The second-order valence-electron chi connectivity index (χ2n) is 6.27. The second-order valence-corrected chi connectivity index (χ2v) is 7.17. The number of hydrogen-bond donors (Lipinski definition) is 1. The van der Waals surface area contributed by atoms with E-state index < -0.39 is 0 Å². The van der Waals surface area contributed by atoms with Gasteiger partial charge in [0.1, 0.15) is 11.3 Å². The Morgan fingerprint density at radius 3 is 2.38 bits per heavy atom. The molecular weight excluding hydrogens is 339 g/mol. The summed E-state index contributed by atoms with van der Waals surface area (Å²) < 4.78 is 2.01. The zero-order chi connectivity index (χ0) is 17.9. The van der Waals surface area contributed by atoms with Crippen LogP contribution in [0, 0.1) is 27.7 Å². The third-order valence-corrected chi connectivity index (χ3v) is 5.99. The van der Waals surface area contributed by atoms with Crippen molar-refractivity contribution in [2.24, 2.45) is 0 Å².